The molecule has 0 fully saturated rings. The first-order chi connectivity index (χ1) is 18.9. The lowest BCUT2D eigenvalue weighted by molar-refractivity contribution is 0.670. The molecule has 0 atom stereocenters. The van der Waals surface area contributed by atoms with E-state index in [4.69, 9.17) is 4.42 Å². The summed E-state index contributed by atoms with van der Waals surface area (Å²) in [4.78, 5) is 0. The molecule has 0 N–H and O–H groups in total. The van der Waals surface area contributed by atoms with E-state index in [-0.39, 0.29) is 0 Å². The lowest BCUT2D eigenvalue weighted by Crippen LogP contribution is -1.85. The highest BCUT2D eigenvalue weighted by Gasteiger charge is 2.22. The fourth-order valence-corrected chi connectivity index (χ4v) is 7.14. The van der Waals surface area contributed by atoms with Crippen LogP contribution in [0.25, 0.3) is 92.7 Å². The highest BCUT2D eigenvalue weighted by molar-refractivity contribution is 6.38. The summed E-state index contributed by atoms with van der Waals surface area (Å²) < 4.78 is 8.88. The largest absolute Gasteiger partial charge is 0.455 e. The molecule has 3 aromatic heterocycles. The summed E-state index contributed by atoms with van der Waals surface area (Å²) in [7, 11) is 0. The minimum Gasteiger partial charge on any atom is -0.455 e. The molecule has 0 saturated carbocycles. The first kappa shape index (κ1) is 19.1. The van der Waals surface area contributed by atoms with Gasteiger partial charge in [-0.2, -0.15) is 0 Å². The van der Waals surface area contributed by atoms with Gasteiger partial charge in [0.05, 0.1) is 16.6 Å². The summed E-state index contributed by atoms with van der Waals surface area (Å²) in [6, 6.07) is 41.9. The molecule has 0 spiro atoms. The van der Waals surface area contributed by atoms with Gasteiger partial charge in [-0.3, -0.25) is 0 Å². The van der Waals surface area contributed by atoms with Crippen molar-refractivity contribution in [2.24, 2.45) is 0 Å². The van der Waals surface area contributed by atoms with Crippen LogP contribution in [-0.4, -0.2) is 4.40 Å². The Morgan fingerprint density at radius 2 is 1.16 bits per heavy atom. The summed E-state index contributed by atoms with van der Waals surface area (Å²) in [5, 5.41) is 12.9. The fourth-order valence-electron chi connectivity index (χ4n) is 7.14. The Balaban J connectivity index is 1.38. The summed E-state index contributed by atoms with van der Waals surface area (Å²) >= 11 is 0. The molecule has 10 rings (SSSR count). The SMILES string of the molecule is c1ccc2c(c1)oc1c(-c3ccc4c(c3)c3ccc5c6ccccc6n6c7cccc4c7c3c56)cccc12. The van der Waals surface area contributed by atoms with Gasteiger partial charge in [-0.05, 0) is 51.4 Å². The number of furan rings is 1. The van der Waals surface area contributed by atoms with Gasteiger partial charge < -0.3 is 8.82 Å². The first-order valence-electron chi connectivity index (χ1n) is 13.1. The number of para-hydroxylation sites is 3. The van der Waals surface area contributed by atoms with Crippen molar-refractivity contribution in [3.63, 3.8) is 0 Å². The zero-order valence-corrected chi connectivity index (χ0v) is 20.3. The number of fused-ring (bicyclic) bond motifs is 10. The standard InChI is InChI=1S/C36H19NO/c1-3-12-30-23(7-1)27-18-17-26-29-19-20(21-9-5-11-28-24-8-2-4-14-32(24)38-36(21)28)15-16-22(29)25-10-6-13-31-33(25)34(26)35(27)37(30)31/h1-19H. The van der Waals surface area contributed by atoms with Crippen LogP contribution in [0.1, 0.15) is 0 Å². The zero-order chi connectivity index (χ0) is 24.5. The summed E-state index contributed by atoms with van der Waals surface area (Å²) in [6.45, 7) is 0. The molecular weight excluding hydrogens is 462 g/mol. The second kappa shape index (κ2) is 6.42. The first-order valence-corrected chi connectivity index (χ1v) is 13.1. The molecule has 7 aromatic carbocycles. The summed E-state index contributed by atoms with van der Waals surface area (Å²) in [5.74, 6) is 0. The maximum absolute atomic E-state index is 6.40. The molecule has 0 aliphatic carbocycles. The number of nitrogens with zero attached hydrogens (tertiary/aromatic N) is 1. The molecule has 0 amide bonds. The quantitative estimate of drug-likeness (QED) is 0.213. The van der Waals surface area contributed by atoms with Gasteiger partial charge in [0.25, 0.3) is 0 Å². The smallest absolute Gasteiger partial charge is 0.143 e. The van der Waals surface area contributed by atoms with Gasteiger partial charge in [-0.15, -0.1) is 0 Å². The van der Waals surface area contributed by atoms with Crippen molar-refractivity contribution < 1.29 is 4.42 Å². The zero-order valence-electron chi connectivity index (χ0n) is 20.3. The molecule has 0 unspecified atom stereocenters. The van der Waals surface area contributed by atoms with Crippen molar-refractivity contribution in [3.05, 3.63) is 115 Å². The molecule has 0 aliphatic heterocycles. The van der Waals surface area contributed by atoms with E-state index in [1.165, 1.54) is 65.2 Å². The topological polar surface area (TPSA) is 17.6 Å². The van der Waals surface area contributed by atoms with Gasteiger partial charge in [0.1, 0.15) is 11.2 Å². The predicted octanol–water partition coefficient (Wildman–Crippen LogP) is 10.1. The molecule has 2 heteroatoms. The van der Waals surface area contributed by atoms with Crippen molar-refractivity contribution in [3.8, 4) is 11.1 Å². The highest BCUT2D eigenvalue weighted by Crippen LogP contribution is 2.47. The van der Waals surface area contributed by atoms with Crippen molar-refractivity contribution in [1.82, 2.24) is 4.40 Å². The second-order valence-corrected chi connectivity index (χ2v) is 10.5. The van der Waals surface area contributed by atoms with E-state index in [0.717, 1.165) is 27.5 Å². The third kappa shape index (κ3) is 2.10. The van der Waals surface area contributed by atoms with Crippen LogP contribution in [-0.2, 0) is 0 Å². The van der Waals surface area contributed by atoms with Crippen molar-refractivity contribution in [2.45, 2.75) is 0 Å². The fraction of sp³-hybridized carbons (Fsp3) is 0. The van der Waals surface area contributed by atoms with Gasteiger partial charge in [-0.25, -0.2) is 0 Å². The Morgan fingerprint density at radius 3 is 2.13 bits per heavy atom. The number of benzene rings is 7. The molecule has 38 heavy (non-hydrogen) atoms. The van der Waals surface area contributed by atoms with Gasteiger partial charge in [0.2, 0.25) is 0 Å². The molecule has 174 valence electrons. The highest BCUT2D eigenvalue weighted by atomic mass is 16.3. The van der Waals surface area contributed by atoms with Crippen LogP contribution in [0, 0.1) is 0 Å². The van der Waals surface area contributed by atoms with E-state index in [1.807, 2.05) is 6.07 Å². The van der Waals surface area contributed by atoms with Crippen LogP contribution in [0.2, 0.25) is 0 Å². The Bertz CT molecular complexity index is 2560. The minimum atomic E-state index is 0.931. The number of aromatic nitrogens is 1. The Hall–Kier alpha value is -5.08. The van der Waals surface area contributed by atoms with E-state index in [9.17, 15) is 0 Å². The van der Waals surface area contributed by atoms with Gasteiger partial charge in [-0.1, -0.05) is 91.0 Å². The summed E-state index contributed by atoms with van der Waals surface area (Å²) in [5.41, 5.74) is 8.10. The molecule has 2 nitrogen and oxygen atoms in total. The van der Waals surface area contributed by atoms with Crippen LogP contribution in [0.5, 0.6) is 0 Å². The van der Waals surface area contributed by atoms with Crippen molar-refractivity contribution in [2.75, 3.05) is 0 Å². The average molecular weight is 482 g/mol. The molecule has 10 aromatic rings. The van der Waals surface area contributed by atoms with Crippen LogP contribution >= 0.6 is 0 Å². The third-order valence-corrected chi connectivity index (χ3v) is 8.69. The molecule has 0 aliphatic rings. The van der Waals surface area contributed by atoms with Crippen LogP contribution in [0.3, 0.4) is 0 Å². The summed E-state index contributed by atoms with van der Waals surface area (Å²) in [6.07, 6.45) is 0. The number of hydrogen-bond acceptors (Lipinski definition) is 1. The third-order valence-electron chi connectivity index (χ3n) is 8.69. The Labute approximate surface area is 216 Å². The molecule has 0 radical (unpaired) electrons. The van der Waals surface area contributed by atoms with Crippen LogP contribution in [0.4, 0.5) is 0 Å². The molecular formula is C36H19NO. The van der Waals surface area contributed by atoms with E-state index in [2.05, 4.69) is 114 Å². The van der Waals surface area contributed by atoms with Crippen LogP contribution in [0.15, 0.2) is 120 Å². The predicted molar refractivity (Wildman–Crippen MR) is 160 cm³/mol. The number of hydrogen-bond donors (Lipinski definition) is 0. The monoisotopic (exact) mass is 481 g/mol. The Morgan fingerprint density at radius 1 is 0.447 bits per heavy atom. The Kier molecular flexibility index (Phi) is 3.23. The maximum atomic E-state index is 6.40. The van der Waals surface area contributed by atoms with Gasteiger partial charge >= 0.3 is 0 Å². The van der Waals surface area contributed by atoms with Crippen LogP contribution < -0.4 is 0 Å². The molecule has 3 heterocycles. The van der Waals surface area contributed by atoms with Gasteiger partial charge in [0, 0.05) is 37.9 Å². The average Bonchev–Trinajstić information content (AvgIpc) is 3.64. The molecule has 0 saturated heterocycles. The van der Waals surface area contributed by atoms with E-state index in [1.54, 1.807) is 0 Å². The molecule has 0 bridgehead atoms. The number of rotatable bonds is 1. The van der Waals surface area contributed by atoms with E-state index in [0.29, 0.717) is 0 Å². The second-order valence-electron chi connectivity index (χ2n) is 10.5. The lowest BCUT2D eigenvalue weighted by atomic mass is 9.91. The lowest BCUT2D eigenvalue weighted by Gasteiger charge is -2.11. The van der Waals surface area contributed by atoms with Crippen molar-refractivity contribution >= 4 is 81.6 Å². The van der Waals surface area contributed by atoms with Gasteiger partial charge in [0.15, 0.2) is 0 Å². The maximum Gasteiger partial charge on any atom is 0.143 e. The van der Waals surface area contributed by atoms with E-state index >= 15 is 0 Å². The normalized spacial score (nSPS) is 12.7. The van der Waals surface area contributed by atoms with E-state index < -0.39 is 0 Å². The van der Waals surface area contributed by atoms with Crippen molar-refractivity contribution in [1.29, 1.82) is 0 Å². The minimum absolute atomic E-state index is 0.931.